The average Bonchev–Trinajstić information content (AvgIpc) is 1.93. The number of carboxylic acids is 1. The number of hydrogen-bond donors (Lipinski definition) is 2. The summed E-state index contributed by atoms with van der Waals surface area (Å²) in [5, 5.41) is 11.1. The van der Waals surface area contributed by atoms with Crippen LogP contribution in [0.15, 0.2) is 11.6 Å². The Morgan fingerprint density at radius 2 is 2.42 bits per heavy atom. The molecule has 0 bridgehead atoms. The zero-order valence-electron chi connectivity index (χ0n) is 6.42. The van der Waals surface area contributed by atoms with Crippen LogP contribution in [0.2, 0.25) is 0 Å². The summed E-state index contributed by atoms with van der Waals surface area (Å²) in [6.45, 7) is 0.901. The molecule has 1 unspecified atom stereocenters. The molecule has 1 aliphatic heterocycles. The first-order chi connectivity index (χ1) is 5.20. The van der Waals surface area contributed by atoms with Crippen molar-refractivity contribution in [3.05, 3.63) is 11.6 Å². The van der Waals surface area contributed by atoms with Gasteiger partial charge < -0.3 is 10.4 Å². The van der Waals surface area contributed by atoms with Crippen LogP contribution < -0.4 is 5.32 Å². The largest absolute Gasteiger partial charge is 0.478 e. The number of alkyl halides is 1. The standard InChI is InChI=1S/C7H10FNO2.ClH/c8-6-4-9-2-1-5(6)3-7(10)11;/h3,6,9H,1-2,4H2,(H,10,11);1H/b5-3-;. The van der Waals surface area contributed by atoms with Crippen LogP contribution in [-0.2, 0) is 4.79 Å². The molecule has 1 fully saturated rings. The summed E-state index contributed by atoms with van der Waals surface area (Å²) >= 11 is 0. The maximum Gasteiger partial charge on any atom is 0.328 e. The van der Waals surface area contributed by atoms with E-state index in [0.717, 1.165) is 6.08 Å². The summed E-state index contributed by atoms with van der Waals surface area (Å²) in [6.07, 6.45) is 0.332. The van der Waals surface area contributed by atoms with Crippen molar-refractivity contribution >= 4 is 18.4 Å². The maximum atomic E-state index is 12.8. The maximum absolute atomic E-state index is 12.8. The van der Waals surface area contributed by atoms with Gasteiger partial charge in [-0.15, -0.1) is 12.4 Å². The van der Waals surface area contributed by atoms with E-state index in [1.807, 2.05) is 0 Å². The van der Waals surface area contributed by atoms with E-state index in [2.05, 4.69) is 5.32 Å². The van der Waals surface area contributed by atoms with Gasteiger partial charge in [-0.1, -0.05) is 0 Å². The zero-order chi connectivity index (χ0) is 8.27. The summed E-state index contributed by atoms with van der Waals surface area (Å²) in [5.41, 5.74) is 0.385. The Labute approximate surface area is 76.1 Å². The van der Waals surface area contributed by atoms with Crippen molar-refractivity contribution < 1.29 is 14.3 Å². The molecule has 3 nitrogen and oxygen atoms in total. The molecule has 1 aliphatic rings. The topological polar surface area (TPSA) is 49.3 Å². The Bertz CT molecular complexity index is 196. The minimum absolute atomic E-state index is 0. The molecule has 0 spiro atoms. The minimum Gasteiger partial charge on any atom is -0.478 e. The Balaban J connectivity index is 0.00000121. The lowest BCUT2D eigenvalue weighted by Crippen LogP contribution is -2.33. The summed E-state index contributed by atoms with van der Waals surface area (Å²) in [6, 6.07) is 0. The first-order valence-corrected chi connectivity index (χ1v) is 3.48. The lowest BCUT2D eigenvalue weighted by molar-refractivity contribution is -0.131. The van der Waals surface area contributed by atoms with Crippen molar-refractivity contribution in [2.75, 3.05) is 13.1 Å². The van der Waals surface area contributed by atoms with Crippen LogP contribution in [-0.4, -0.2) is 30.3 Å². The molecule has 1 saturated heterocycles. The first-order valence-electron chi connectivity index (χ1n) is 3.48. The van der Waals surface area contributed by atoms with E-state index in [0.29, 0.717) is 18.5 Å². The monoisotopic (exact) mass is 195 g/mol. The lowest BCUT2D eigenvalue weighted by atomic mass is 10.0. The summed E-state index contributed by atoms with van der Waals surface area (Å²) in [7, 11) is 0. The third-order valence-corrected chi connectivity index (χ3v) is 1.63. The Morgan fingerprint density at radius 1 is 1.75 bits per heavy atom. The van der Waals surface area contributed by atoms with Crippen LogP contribution in [0.4, 0.5) is 4.39 Å². The highest BCUT2D eigenvalue weighted by molar-refractivity contribution is 5.85. The molecule has 0 amide bonds. The number of rotatable bonds is 1. The first kappa shape index (κ1) is 11.4. The molecule has 70 valence electrons. The number of piperidine rings is 1. The van der Waals surface area contributed by atoms with Gasteiger partial charge >= 0.3 is 5.97 Å². The number of aliphatic carboxylic acids is 1. The molecule has 0 aliphatic carbocycles. The second kappa shape index (κ2) is 5.11. The van der Waals surface area contributed by atoms with Crippen LogP contribution in [0.1, 0.15) is 6.42 Å². The van der Waals surface area contributed by atoms with E-state index >= 15 is 0 Å². The van der Waals surface area contributed by atoms with Crippen molar-refractivity contribution in [1.82, 2.24) is 5.32 Å². The SMILES string of the molecule is Cl.O=C(O)/C=C1/CCNCC1F. The Kier molecular flexibility index (Phi) is 4.85. The average molecular weight is 196 g/mol. The molecule has 1 atom stereocenters. The molecular formula is C7H11ClFNO2. The molecule has 0 radical (unpaired) electrons. The Morgan fingerprint density at radius 3 is 2.92 bits per heavy atom. The molecule has 0 saturated carbocycles. The highest BCUT2D eigenvalue weighted by Gasteiger charge is 2.17. The van der Waals surface area contributed by atoms with Crippen molar-refractivity contribution in [3.8, 4) is 0 Å². The molecule has 12 heavy (non-hydrogen) atoms. The van der Waals surface area contributed by atoms with Crippen LogP contribution in [0.5, 0.6) is 0 Å². The number of nitrogens with one attached hydrogen (secondary N) is 1. The summed E-state index contributed by atoms with van der Waals surface area (Å²) in [4.78, 5) is 10.1. The number of hydrogen-bond acceptors (Lipinski definition) is 2. The van der Waals surface area contributed by atoms with E-state index in [1.165, 1.54) is 0 Å². The highest BCUT2D eigenvalue weighted by Crippen LogP contribution is 2.13. The van der Waals surface area contributed by atoms with E-state index in [4.69, 9.17) is 5.11 Å². The Hall–Kier alpha value is -0.610. The van der Waals surface area contributed by atoms with Gasteiger partial charge in [0.15, 0.2) is 0 Å². The van der Waals surface area contributed by atoms with Crippen molar-refractivity contribution in [2.24, 2.45) is 0 Å². The fraction of sp³-hybridized carbons (Fsp3) is 0.571. The molecule has 0 aromatic rings. The van der Waals surface area contributed by atoms with Gasteiger partial charge in [0.05, 0.1) is 0 Å². The molecular weight excluding hydrogens is 185 g/mol. The fourth-order valence-electron chi connectivity index (χ4n) is 1.07. The van der Waals surface area contributed by atoms with Gasteiger partial charge in [0, 0.05) is 12.6 Å². The van der Waals surface area contributed by atoms with Crippen molar-refractivity contribution in [2.45, 2.75) is 12.6 Å². The van der Waals surface area contributed by atoms with Crippen LogP contribution in [0.3, 0.4) is 0 Å². The predicted octanol–water partition coefficient (Wildman–Crippen LogP) is 0.751. The van der Waals surface area contributed by atoms with Crippen LogP contribution in [0.25, 0.3) is 0 Å². The predicted molar refractivity (Wildman–Crippen MR) is 45.3 cm³/mol. The molecule has 2 N–H and O–H groups in total. The highest BCUT2D eigenvalue weighted by atomic mass is 35.5. The second-order valence-electron chi connectivity index (χ2n) is 2.48. The van der Waals surface area contributed by atoms with E-state index in [1.54, 1.807) is 0 Å². The number of halogens is 2. The molecule has 1 heterocycles. The van der Waals surface area contributed by atoms with Crippen molar-refractivity contribution in [1.29, 1.82) is 0 Å². The molecule has 0 aromatic heterocycles. The van der Waals surface area contributed by atoms with Gasteiger partial charge in [0.2, 0.25) is 0 Å². The molecule has 0 aromatic carbocycles. The van der Waals surface area contributed by atoms with Crippen LogP contribution >= 0.6 is 12.4 Å². The van der Waals surface area contributed by atoms with Crippen molar-refractivity contribution in [3.63, 3.8) is 0 Å². The zero-order valence-corrected chi connectivity index (χ0v) is 7.23. The lowest BCUT2D eigenvalue weighted by Gasteiger charge is -2.18. The third kappa shape index (κ3) is 3.19. The van der Waals surface area contributed by atoms with Gasteiger partial charge in [-0.3, -0.25) is 0 Å². The minimum atomic E-state index is -1.13. The number of carboxylic acid groups (broad SMARTS) is 1. The van der Waals surface area contributed by atoms with E-state index in [9.17, 15) is 9.18 Å². The van der Waals surface area contributed by atoms with E-state index < -0.39 is 12.1 Å². The quantitative estimate of drug-likeness (QED) is 0.608. The van der Waals surface area contributed by atoms with Gasteiger partial charge in [-0.2, -0.15) is 0 Å². The third-order valence-electron chi connectivity index (χ3n) is 1.63. The van der Waals surface area contributed by atoms with Gasteiger partial charge in [-0.25, -0.2) is 9.18 Å². The summed E-state index contributed by atoms with van der Waals surface area (Å²) in [5.74, 6) is -1.07. The normalized spacial score (nSPS) is 26.4. The fourth-order valence-corrected chi connectivity index (χ4v) is 1.07. The van der Waals surface area contributed by atoms with E-state index in [-0.39, 0.29) is 19.0 Å². The second-order valence-corrected chi connectivity index (χ2v) is 2.48. The number of carbonyl (C=O) groups is 1. The molecule has 5 heteroatoms. The van der Waals surface area contributed by atoms with Gasteiger partial charge in [0.25, 0.3) is 0 Å². The molecule has 1 rings (SSSR count). The van der Waals surface area contributed by atoms with Gasteiger partial charge in [-0.05, 0) is 18.5 Å². The smallest absolute Gasteiger partial charge is 0.328 e. The van der Waals surface area contributed by atoms with Gasteiger partial charge in [0.1, 0.15) is 6.17 Å². The van der Waals surface area contributed by atoms with Crippen LogP contribution in [0, 0.1) is 0 Å². The summed E-state index contributed by atoms with van der Waals surface area (Å²) < 4.78 is 12.8.